The Hall–Kier alpha value is -2.27. The number of fused-ring (bicyclic) bond motifs is 1. The molecule has 0 spiro atoms. The monoisotopic (exact) mass is 512 g/mol. The van der Waals surface area contributed by atoms with Crippen molar-refractivity contribution in [1.29, 1.82) is 0 Å². The number of aromatic nitrogens is 1. The van der Waals surface area contributed by atoms with E-state index in [0.717, 1.165) is 34.2 Å². The van der Waals surface area contributed by atoms with E-state index in [1.54, 1.807) is 24.6 Å². The number of rotatable bonds is 4. The summed E-state index contributed by atoms with van der Waals surface area (Å²) in [7, 11) is 1.72. The average Bonchev–Trinajstić information content (AvgIpc) is 3.33. The third-order valence-corrected chi connectivity index (χ3v) is 4.81. The van der Waals surface area contributed by atoms with Gasteiger partial charge in [-0.05, 0) is 23.6 Å². The first-order valence-corrected chi connectivity index (χ1v) is 9.55. The van der Waals surface area contributed by atoms with Crippen molar-refractivity contribution >= 4 is 47.0 Å². The van der Waals surface area contributed by atoms with E-state index in [4.69, 9.17) is 13.9 Å². The summed E-state index contributed by atoms with van der Waals surface area (Å²) in [5.74, 6) is 2.77. The van der Waals surface area contributed by atoms with Crippen molar-refractivity contribution in [3.8, 4) is 22.3 Å². The zero-order valence-corrected chi connectivity index (χ0v) is 18.5. The van der Waals surface area contributed by atoms with Gasteiger partial charge >= 0.3 is 0 Å². The maximum Gasteiger partial charge on any atom is 0.236 e. The second kappa shape index (κ2) is 9.78. The zero-order chi connectivity index (χ0) is 18.5. The van der Waals surface area contributed by atoms with E-state index in [1.807, 2.05) is 35.7 Å². The Morgan fingerprint density at radius 2 is 2.07 bits per heavy atom. The van der Waals surface area contributed by atoms with E-state index < -0.39 is 0 Å². The van der Waals surface area contributed by atoms with Gasteiger partial charge in [-0.3, -0.25) is 4.99 Å². The molecule has 3 heterocycles. The SMILES string of the molecule is CN=C(NCc1coc(-c2cccs2)n1)Nc1ccc2c(c1)OCCCO2.I. The van der Waals surface area contributed by atoms with Gasteiger partial charge in [0.15, 0.2) is 17.5 Å². The van der Waals surface area contributed by atoms with Crippen molar-refractivity contribution in [1.82, 2.24) is 10.3 Å². The number of nitrogens with zero attached hydrogens (tertiary/aromatic N) is 2. The molecule has 0 aliphatic carbocycles. The van der Waals surface area contributed by atoms with Crippen molar-refractivity contribution in [2.75, 3.05) is 25.6 Å². The molecule has 3 aromatic rings. The van der Waals surface area contributed by atoms with Gasteiger partial charge in [0.2, 0.25) is 5.89 Å². The molecule has 0 bridgehead atoms. The van der Waals surface area contributed by atoms with Gasteiger partial charge < -0.3 is 24.5 Å². The fraction of sp³-hybridized carbons (Fsp3) is 0.263. The minimum atomic E-state index is 0. The van der Waals surface area contributed by atoms with E-state index in [0.29, 0.717) is 31.6 Å². The van der Waals surface area contributed by atoms with Crippen LogP contribution in [-0.4, -0.2) is 31.2 Å². The molecule has 2 aromatic heterocycles. The predicted molar refractivity (Wildman–Crippen MR) is 121 cm³/mol. The Morgan fingerprint density at radius 1 is 1.21 bits per heavy atom. The highest BCUT2D eigenvalue weighted by Gasteiger charge is 2.12. The lowest BCUT2D eigenvalue weighted by Gasteiger charge is -2.13. The number of thiophene rings is 1. The molecule has 1 aromatic carbocycles. The molecule has 9 heteroatoms. The van der Waals surface area contributed by atoms with Crippen LogP contribution >= 0.6 is 35.3 Å². The van der Waals surface area contributed by atoms with Gasteiger partial charge in [-0.1, -0.05) is 6.07 Å². The molecular weight excluding hydrogens is 491 g/mol. The summed E-state index contributed by atoms with van der Waals surface area (Å²) >= 11 is 1.60. The van der Waals surface area contributed by atoms with Gasteiger partial charge in [0, 0.05) is 25.2 Å². The molecule has 1 aliphatic heterocycles. The maximum atomic E-state index is 5.73. The fourth-order valence-electron chi connectivity index (χ4n) is 2.63. The molecule has 0 radical (unpaired) electrons. The second-order valence-electron chi connectivity index (χ2n) is 5.88. The highest BCUT2D eigenvalue weighted by Crippen LogP contribution is 2.32. The number of aliphatic imine (C=N–C) groups is 1. The number of oxazole rings is 1. The largest absolute Gasteiger partial charge is 0.490 e. The Bertz CT molecular complexity index is 927. The van der Waals surface area contributed by atoms with Crippen molar-refractivity contribution in [3.05, 3.63) is 47.7 Å². The Labute approximate surface area is 184 Å². The van der Waals surface area contributed by atoms with Crippen molar-refractivity contribution in [2.24, 2.45) is 4.99 Å². The number of guanidine groups is 1. The van der Waals surface area contributed by atoms with E-state index in [9.17, 15) is 0 Å². The molecule has 0 saturated carbocycles. The molecule has 148 valence electrons. The van der Waals surface area contributed by atoms with E-state index in [1.165, 1.54) is 0 Å². The van der Waals surface area contributed by atoms with Gasteiger partial charge in [0.1, 0.15) is 6.26 Å². The van der Waals surface area contributed by atoms with Crippen LogP contribution < -0.4 is 20.1 Å². The number of ether oxygens (including phenoxy) is 2. The van der Waals surface area contributed by atoms with Crippen LogP contribution in [0.5, 0.6) is 11.5 Å². The van der Waals surface area contributed by atoms with Crippen LogP contribution in [0.3, 0.4) is 0 Å². The molecule has 0 atom stereocenters. The Kier molecular flexibility index (Phi) is 7.15. The van der Waals surface area contributed by atoms with Crippen molar-refractivity contribution in [2.45, 2.75) is 13.0 Å². The van der Waals surface area contributed by atoms with E-state index in [2.05, 4.69) is 20.6 Å². The molecule has 0 saturated heterocycles. The number of halogens is 1. The van der Waals surface area contributed by atoms with Gasteiger partial charge in [0.25, 0.3) is 0 Å². The summed E-state index contributed by atoms with van der Waals surface area (Å²) in [5.41, 5.74) is 1.67. The van der Waals surface area contributed by atoms with E-state index >= 15 is 0 Å². The van der Waals surface area contributed by atoms with Crippen LogP contribution in [0.25, 0.3) is 10.8 Å². The first-order valence-electron chi connectivity index (χ1n) is 8.67. The van der Waals surface area contributed by atoms with Gasteiger partial charge in [-0.25, -0.2) is 4.98 Å². The standard InChI is InChI=1S/C19H20N4O3S.HI/c1-20-19(21-11-14-12-26-18(22-14)17-4-2-9-27-17)23-13-5-6-15-16(10-13)25-8-3-7-24-15;/h2,4-6,9-10,12H,3,7-8,11H2,1H3,(H2,20,21,23);1H. The molecule has 0 fully saturated rings. The molecule has 7 nitrogen and oxygen atoms in total. The third-order valence-electron chi connectivity index (χ3n) is 3.95. The van der Waals surface area contributed by atoms with Crippen LogP contribution in [0.4, 0.5) is 5.69 Å². The van der Waals surface area contributed by atoms with Crippen LogP contribution in [0.1, 0.15) is 12.1 Å². The summed E-state index contributed by atoms with van der Waals surface area (Å²) in [6.07, 6.45) is 2.54. The summed E-state index contributed by atoms with van der Waals surface area (Å²) in [5, 5.41) is 8.48. The zero-order valence-electron chi connectivity index (χ0n) is 15.3. The number of anilines is 1. The van der Waals surface area contributed by atoms with Crippen molar-refractivity contribution < 1.29 is 13.9 Å². The van der Waals surface area contributed by atoms with Crippen LogP contribution in [-0.2, 0) is 6.54 Å². The average molecular weight is 512 g/mol. The number of hydrogen-bond donors (Lipinski definition) is 2. The van der Waals surface area contributed by atoms with Crippen molar-refractivity contribution in [3.63, 3.8) is 0 Å². The summed E-state index contributed by atoms with van der Waals surface area (Å²) in [4.78, 5) is 9.76. The molecule has 2 N–H and O–H groups in total. The number of hydrogen-bond acceptors (Lipinski definition) is 6. The normalized spacial score (nSPS) is 13.4. The van der Waals surface area contributed by atoms with Crippen LogP contribution in [0.2, 0.25) is 0 Å². The Balaban J connectivity index is 0.00000225. The van der Waals surface area contributed by atoms with Gasteiger partial charge in [-0.2, -0.15) is 0 Å². The molecular formula is C19H21IN4O3S. The minimum Gasteiger partial charge on any atom is -0.490 e. The first kappa shape index (κ1) is 20.5. The lowest BCUT2D eigenvalue weighted by Crippen LogP contribution is -2.30. The quantitative estimate of drug-likeness (QED) is 0.307. The lowest BCUT2D eigenvalue weighted by atomic mass is 10.3. The molecule has 0 amide bonds. The number of nitrogens with one attached hydrogen (secondary N) is 2. The van der Waals surface area contributed by atoms with Crippen LogP contribution in [0, 0.1) is 0 Å². The maximum absolute atomic E-state index is 5.73. The molecule has 4 rings (SSSR count). The van der Waals surface area contributed by atoms with E-state index in [-0.39, 0.29) is 24.0 Å². The Morgan fingerprint density at radius 3 is 2.86 bits per heavy atom. The van der Waals surface area contributed by atoms with Gasteiger partial charge in [0.05, 0.1) is 30.3 Å². The smallest absolute Gasteiger partial charge is 0.236 e. The highest BCUT2D eigenvalue weighted by molar-refractivity contribution is 14.0. The predicted octanol–water partition coefficient (Wildman–Crippen LogP) is 4.37. The summed E-state index contributed by atoms with van der Waals surface area (Å²) in [6.45, 7) is 1.83. The van der Waals surface area contributed by atoms with Crippen LogP contribution in [0.15, 0.2) is 51.4 Å². The number of benzene rings is 1. The lowest BCUT2D eigenvalue weighted by molar-refractivity contribution is 0.297. The summed E-state index contributed by atoms with van der Waals surface area (Å²) < 4.78 is 16.9. The molecule has 1 aliphatic rings. The second-order valence-corrected chi connectivity index (χ2v) is 6.83. The topological polar surface area (TPSA) is 80.9 Å². The minimum absolute atomic E-state index is 0. The first-order chi connectivity index (χ1) is 13.3. The summed E-state index contributed by atoms with van der Waals surface area (Å²) in [6, 6.07) is 9.71. The third kappa shape index (κ3) is 4.96. The van der Waals surface area contributed by atoms with Gasteiger partial charge in [-0.15, -0.1) is 35.3 Å². The molecule has 0 unspecified atom stereocenters. The molecule has 28 heavy (non-hydrogen) atoms. The highest BCUT2D eigenvalue weighted by atomic mass is 127. The fourth-order valence-corrected chi connectivity index (χ4v) is 3.29.